The van der Waals surface area contributed by atoms with Gasteiger partial charge < -0.3 is 14.6 Å². The molecule has 1 fully saturated rings. The van der Waals surface area contributed by atoms with E-state index in [1.54, 1.807) is 0 Å². The summed E-state index contributed by atoms with van der Waals surface area (Å²) in [5, 5.41) is 10.5. The molecular weight excluding hydrogens is 204 g/mol. The van der Waals surface area contributed by atoms with Crippen molar-refractivity contribution in [3.05, 3.63) is 29.8 Å². The minimum Gasteiger partial charge on any atom is -0.494 e. The van der Waals surface area contributed by atoms with Gasteiger partial charge in [0, 0.05) is 26.1 Å². The first-order valence-electron chi connectivity index (χ1n) is 5.78. The van der Waals surface area contributed by atoms with E-state index in [0.29, 0.717) is 32.7 Å². The van der Waals surface area contributed by atoms with Crippen molar-refractivity contribution in [2.24, 2.45) is 0 Å². The average Bonchev–Trinajstić information content (AvgIpc) is 2.31. The first-order chi connectivity index (χ1) is 7.74. The van der Waals surface area contributed by atoms with Crippen LogP contribution in [0.1, 0.15) is 25.3 Å². The molecule has 3 nitrogen and oxygen atoms in total. The highest BCUT2D eigenvalue weighted by atomic mass is 16.5. The van der Waals surface area contributed by atoms with Crippen molar-refractivity contribution in [2.45, 2.75) is 25.4 Å². The monoisotopic (exact) mass is 222 g/mol. The lowest BCUT2D eigenvalue weighted by Crippen LogP contribution is -2.33. The van der Waals surface area contributed by atoms with E-state index in [0.717, 1.165) is 11.3 Å². The van der Waals surface area contributed by atoms with Crippen LogP contribution in [0.3, 0.4) is 0 Å². The Kier molecular flexibility index (Phi) is 3.46. The molecule has 1 aliphatic rings. The zero-order chi connectivity index (χ0) is 11.4. The van der Waals surface area contributed by atoms with Gasteiger partial charge in [-0.25, -0.2) is 0 Å². The van der Waals surface area contributed by atoms with Crippen molar-refractivity contribution in [1.82, 2.24) is 0 Å². The molecule has 1 aromatic rings. The van der Waals surface area contributed by atoms with Gasteiger partial charge in [0.25, 0.3) is 0 Å². The van der Waals surface area contributed by atoms with Crippen LogP contribution in [0.25, 0.3) is 0 Å². The molecule has 0 spiro atoms. The van der Waals surface area contributed by atoms with Gasteiger partial charge in [-0.15, -0.1) is 0 Å². The number of ether oxygens (including phenoxy) is 2. The zero-order valence-electron chi connectivity index (χ0n) is 9.61. The van der Waals surface area contributed by atoms with Gasteiger partial charge in [0.2, 0.25) is 0 Å². The summed E-state index contributed by atoms with van der Waals surface area (Å²) in [6, 6.07) is 7.71. The fraction of sp³-hybridized carbons (Fsp3) is 0.538. The summed E-state index contributed by atoms with van der Waals surface area (Å²) < 4.78 is 10.7. The maximum Gasteiger partial charge on any atom is 0.119 e. The van der Waals surface area contributed by atoms with Crippen LogP contribution in [0.2, 0.25) is 0 Å². The molecule has 16 heavy (non-hydrogen) atoms. The van der Waals surface area contributed by atoms with E-state index in [9.17, 15) is 5.11 Å². The second-order valence-electron chi connectivity index (χ2n) is 4.10. The molecule has 1 heterocycles. The Bertz CT molecular complexity index is 343. The summed E-state index contributed by atoms with van der Waals surface area (Å²) in [5.74, 6) is 0.819. The molecule has 0 bridgehead atoms. The number of hydrogen-bond acceptors (Lipinski definition) is 3. The van der Waals surface area contributed by atoms with Crippen LogP contribution in [0.4, 0.5) is 0 Å². The Labute approximate surface area is 96.0 Å². The van der Waals surface area contributed by atoms with Crippen LogP contribution in [0, 0.1) is 0 Å². The Balaban J connectivity index is 2.21. The van der Waals surface area contributed by atoms with Crippen molar-refractivity contribution in [1.29, 1.82) is 0 Å². The van der Waals surface area contributed by atoms with Crippen molar-refractivity contribution in [2.75, 3.05) is 19.8 Å². The first-order valence-corrected chi connectivity index (χ1v) is 5.78. The summed E-state index contributed by atoms with van der Waals surface area (Å²) in [6.45, 7) is 3.84. The lowest BCUT2D eigenvalue weighted by atomic mass is 9.86. The second kappa shape index (κ2) is 4.85. The number of aliphatic hydroxyl groups is 1. The van der Waals surface area contributed by atoms with Crippen LogP contribution in [-0.2, 0) is 10.3 Å². The van der Waals surface area contributed by atoms with Crippen molar-refractivity contribution >= 4 is 0 Å². The molecule has 88 valence electrons. The van der Waals surface area contributed by atoms with Crippen LogP contribution >= 0.6 is 0 Å². The summed E-state index contributed by atoms with van der Waals surface area (Å²) in [5.41, 5.74) is 0.187. The van der Waals surface area contributed by atoms with Gasteiger partial charge >= 0.3 is 0 Å². The highest BCUT2D eigenvalue weighted by molar-refractivity contribution is 5.32. The van der Waals surface area contributed by atoms with Gasteiger partial charge in [-0.1, -0.05) is 12.1 Å². The number of hydrogen-bond donors (Lipinski definition) is 1. The second-order valence-corrected chi connectivity index (χ2v) is 4.10. The largest absolute Gasteiger partial charge is 0.494 e. The lowest BCUT2D eigenvalue weighted by Gasteiger charge is -2.32. The van der Waals surface area contributed by atoms with Gasteiger partial charge in [-0.2, -0.15) is 0 Å². The van der Waals surface area contributed by atoms with E-state index in [1.807, 2.05) is 31.2 Å². The molecule has 0 aliphatic carbocycles. The molecular formula is C13H18O3. The Morgan fingerprint density at radius 1 is 1.38 bits per heavy atom. The van der Waals surface area contributed by atoms with Gasteiger partial charge in [0.1, 0.15) is 5.75 Å². The van der Waals surface area contributed by atoms with E-state index >= 15 is 0 Å². The summed E-state index contributed by atoms with van der Waals surface area (Å²) in [6.07, 6.45) is 1.31. The van der Waals surface area contributed by atoms with E-state index in [4.69, 9.17) is 9.47 Å². The van der Waals surface area contributed by atoms with Crippen LogP contribution in [-0.4, -0.2) is 24.9 Å². The van der Waals surface area contributed by atoms with Gasteiger partial charge in [-0.3, -0.25) is 0 Å². The third-order valence-corrected chi connectivity index (χ3v) is 3.00. The molecule has 0 unspecified atom stereocenters. The van der Waals surface area contributed by atoms with E-state index in [-0.39, 0.29) is 0 Å². The van der Waals surface area contributed by atoms with Gasteiger partial charge in [0.05, 0.1) is 12.2 Å². The quantitative estimate of drug-likeness (QED) is 0.851. The topological polar surface area (TPSA) is 38.7 Å². The van der Waals surface area contributed by atoms with E-state index < -0.39 is 5.60 Å². The molecule has 0 aromatic heterocycles. The molecule has 0 amide bonds. The maximum absolute atomic E-state index is 10.5. The Hall–Kier alpha value is -1.06. The third-order valence-electron chi connectivity index (χ3n) is 3.00. The van der Waals surface area contributed by atoms with Crippen molar-refractivity contribution in [3.8, 4) is 5.75 Å². The fourth-order valence-corrected chi connectivity index (χ4v) is 2.04. The summed E-state index contributed by atoms with van der Waals surface area (Å²) in [7, 11) is 0. The van der Waals surface area contributed by atoms with Crippen LogP contribution in [0.15, 0.2) is 24.3 Å². The van der Waals surface area contributed by atoms with Gasteiger partial charge in [0.15, 0.2) is 0 Å². The number of rotatable bonds is 3. The predicted molar refractivity (Wildman–Crippen MR) is 61.6 cm³/mol. The smallest absolute Gasteiger partial charge is 0.119 e. The molecule has 1 aliphatic heterocycles. The standard InChI is InChI=1S/C13H18O3/c1-2-16-12-5-3-4-11(10-12)13(14)6-8-15-9-7-13/h3-5,10,14H,2,6-9H2,1H3. The average molecular weight is 222 g/mol. The normalized spacial score (nSPS) is 19.4. The molecule has 0 radical (unpaired) electrons. The van der Waals surface area contributed by atoms with Crippen molar-refractivity contribution in [3.63, 3.8) is 0 Å². The molecule has 1 N–H and O–H groups in total. The zero-order valence-corrected chi connectivity index (χ0v) is 9.61. The van der Waals surface area contributed by atoms with Crippen molar-refractivity contribution < 1.29 is 14.6 Å². The third kappa shape index (κ3) is 2.36. The lowest BCUT2D eigenvalue weighted by molar-refractivity contribution is -0.0680. The van der Waals surface area contributed by atoms with Crippen LogP contribution < -0.4 is 4.74 Å². The van der Waals surface area contributed by atoms with E-state index in [2.05, 4.69) is 0 Å². The molecule has 1 aromatic carbocycles. The summed E-state index contributed by atoms with van der Waals surface area (Å²) in [4.78, 5) is 0. The fourth-order valence-electron chi connectivity index (χ4n) is 2.04. The van der Waals surface area contributed by atoms with Crippen LogP contribution in [0.5, 0.6) is 5.75 Å². The molecule has 3 heteroatoms. The first kappa shape index (κ1) is 11.4. The maximum atomic E-state index is 10.5. The molecule has 2 rings (SSSR count). The molecule has 0 atom stereocenters. The molecule has 0 saturated carbocycles. The number of benzene rings is 1. The Morgan fingerprint density at radius 3 is 2.81 bits per heavy atom. The SMILES string of the molecule is CCOc1cccc(C2(O)CCOCC2)c1. The minimum atomic E-state index is -0.745. The highest BCUT2D eigenvalue weighted by Gasteiger charge is 2.31. The Morgan fingerprint density at radius 2 is 2.12 bits per heavy atom. The minimum absolute atomic E-state index is 0.620. The predicted octanol–water partition coefficient (Wildman–Crippen LogP) is 2.08. The molecule has 1 saturated heterocycles. The van der Waals surface area contributed by atoms with Gasteiger partial charge in [-0.05, 0) is 24.6 Å². The summed E-state index contributed by atoms with van der Waals surface area (Å²) >= 11 is 0. The van der Waals surface area contributed by atoms with E-state index in [1.165, 1.54) is 0 Å². The highest BCUT2D eigenvalue weighted by Crippen LogP contribution is 2.33.